The second kappa shape index (κ2) is 5.22. The third-order valence-corrected chi connectivity index (χ3v) is 4.02. The number of benzene rings is 1. The summed E-state index contributed by atoms with van der Waals surface area (Å²) >= 11 is 0. The van der Waals surface area contributed by atoms with Crippen LogP contribution in [0.2, 0.25) is 0 Å². The van der Waals surface area contributed by atoms with E-state index in [0.29, 0.717) is 5.56 Å². The van der Waals surface area contributed by atoms with Gasteiger partial charge in [0.1, 0.15) is 0 Å². The number of carbonyl (C=O) groups is 1. The summed E-state index contributed by atoms with van der Waals surface area (Å²) in [6, 6.07) is 15.4. The molecule has 0 spiro atoms. The number of para-hydroxylation sites is 1. The lowest BCUT2D eigenvalue weighted by atomic mass is 10.0. The van der Waals surface area contributed by atoms with Crippen LogP contribution in [0.15, 0.2) is 54.7 Å². The van der Waals surface area contributed by atoms with Gasteiger partial charge in [0.25, 0.3) is 5.91 Å². The van der Waals surface area contributed by atoms with Gasteiger partial charge in [0, 0.05) is 24.7 Å². The molecule has 3 aromatic rings. The first kappa shape index (κ1) is 13.0. The molecule has 2 aromatic heterocycles. The number of rotatable bonds is 2. The number of aromatic nitrogens is 2. The van der Waals surface area contributed by atoms with Crippen LogP contribution in [0.25, 0.3) is 22.3 Å². The van der Waals surface area contributed by atoms with Crippen LogP contribution < -0.4 is 0 Å². The van der Waals surface area contributed by atoms with Crippen LogP contribution in [0, 0.1) is 0 Å². The van der Waals surface area contributed by atoms with Crippen LogP contribution in [-0.4, -0.2) is 33.9 Å². The van der Waals surface area contributed by atoms with Crippen LogP contribution in [0.1, 0.15) is 16.8 Å². The van der Waals surface area contributed by atoms with Gasteiger partial charge in [-0.3, -0.25) is 9.78 Å². The van der Waals surface area contributed by atoms with Gasteiger partial charge >= 0.3 is 0 Å². The Labute approximate surface area is 128 Å². The predicted octanol–water partition coefficient (Wildman–Crippen LogP) is 3.14. The highest BCUT2D eigenvalue weighted by molar-refractivity contribution is 6.07. The Balaban J connectivity index is 1.91. The molecule has 0 N–H and O–H groups in total. The summed E-state index contributed by atoms with van der Waals surface area (Å²) in [5, 5.41) is 0.902. The normalized spacial score (nSPS) is 13.9. The van der Waals surface area contributed by atoms with Gasteiger partial charge in [0.05, 0.1) is 22.5 Å². The number of hydrogen-bond donors (Lipinski definition) is 0. The lowest BCUT2D eigenvalue weighted by molar-refractivity contribution is 0.0654. The Bertz CT molecular complexity index is 841. The van der Waals surface area contributed by atoms with E-state index in [-0.39, 0.29) is 5.91 Å². The maximum Gasteiger partial charge on any atom is 0.254 e. The SMILES string of the molecule is O=C(c1cc(-c2ccccn2)nc2ccccc12)N1CCC1. The number of pyridine rings is 2. The summed E-state index contributed by atoms with van der Waals surface area (Å²) < 4.78 is 0. The molecule has 4 rings (SSSR count). The first-order valence-electron chi connectivity index (χ1n) is 7.43. The van der Waals surface area contributed by atoms with E-state index >= 15 is 0 Å². The monoisotopic (exact) mass is 289 g/mol. The van der Waals surface area contributed by atoms with Crippen LogP contribution in [-0.2, 0) is 0 Å². The van der Waals surface area contributed by atoms with Crippen molar-refractivity contribution < 1.29 is 4.79 Å². The summed E-state index contributed by atoms with van der Waals surface area (Å²) in [6.45, 7) is 1.68. The molecule has 0 radical (unpaired) electrons. The van der Waals surface area contributed by atoms with Gasteiger partial charge in [-0.1, -0.05) is 24.3 Å². The van der Waals surface area contributed by atoms with Crippen molar-refractivity contribution in [1.82, 2.24) is 14.9 Å². The molecule has 1 saturated heterocycles. The zero-order valence-corrected chi connectivity index (χ0v) is 12.1. The summed E-state index contributed by atoms with van der Waals surface area (Å²) in [6.07, 6.45) is 2.82. The highest BCUT2D eigenvalue weighted by Gasteiger charge is 2.24. The van der Waals surface area contributed by atoms with Crippen molar-refractivity contribution in [3.8, 4) is 11.4 Å². The minimum Gasteiger partial charge on any atom is -0.338 e. The van der Waals surface area contributed by atoms with Crippen molar-refractivity contribution in [1.29, 1.82) is 0 Å². The molecule has 0 saturated carbocycles. The van der Waals surface area contributed by atoms with E-state index in [4.69, 9.17) is 0 Å². The predicted molar refractivity (Wildman–Crippen MR) is 85.5 cm³/mol. The van der Waals surface area contributed by atoms with Gasteiger partial charge in [-0.2, -0.15) is 0 Å². The van der Waals surface area contributed by atoms with E-state index in [0.717, 1.165) is 41.8 Å². The van der Waals surface area contributed by atoms with Gasteiger partial charge in [-0.05, 0) is 30.7 Å². The summed E-state index contributed by atoms with van der Waals surface area (Å²) in [4.78, 5) is 23.6. The van der Waals surface area contributed by atoms with Crippen molar-refractivity contribution in [2.75, 3.05) is 13.1 Å². The van der Waals surface area contributed by atoms with Gasteiger partial charge in [0.2, 0.25) is 0 Å². The summed E-state index contributed by atoms with van der Waals surface area (Å²) in [5.41, 5.74) is 3.06. The maximum absolute atomic E-state index is 12.7. The van der Waals surface area contributed by atoms with Crippen molar-refractivity contribution in [3.05, 3.63) is 60.3 Å². The molecule has 0 aliphatic carbocycles. The Morgan fingerprint density at radius 1 is 1.00 bits per heavy atom. The van der Waals surface area contributed by atoms with Crippen molar-refractivity contribution in [2.45, 2.75) is 6.42 Å². The van der Waals surface area contributed by atoms with E-state index < -0.39 is 0 Å². The molecule has 1 amide bonds. The van der Waals surface area contributed by atoms with Crippen LogP contribution in [0.5, 0.6) is 0 Å². The van der Waals surface area contributed by atoms with E-state index in [9.17, 15) is 4.79 Å². The standard InChI is InChI=1S/C18H15N3O/c22-18(21-10-5-11-21)14-12-17(16-8-3-4-9-19-16)20-15-7-2-1-6-13(14)15/h1-4,6-9,12H,5,10-11H2. The Hall–Kier alpha value is -2.75. The van der Waals surface area contributed by atoms with E-state index in [2.05, 4.69) is 9.97 Å². The van der Waals surface area contributed by atoms with Crippen LogP contribution in [0.4, 0.5) is 0 Å². The molecule has 4 nitrogen and oxygen atoms in total. The zero-order chi connectivity index (χ0) is 14.9. The fourth-order valence-corrected chi connectivity index (χ4v) is 2.69. The Morgan fingerprint density at radius 2 is 1.82 bits per heavy atom. The first-order valence-corrected chi connectivity index (χ1v) is 7.43. The topological polar surface area (TPSA) is 46.1 Å². The third-order valence-electron chi connectivity index (χ3n) is 4.02. The molecule has 0 unspecified atom stereocenters. The highest BCUT2D eigenvalue weighted by Crippen LogP contribution is 2.25. The quantitative estimate of drug-likeness (QED) is 0.728. The first-order chi connectivity index (χ1) is 10.8. The lowest BCUT2D eigenvalue weighted by Gasteiger charge is -2.31. The number of amides is 1. The van der Waals surface area contributed by atoms with Crippen LogP contribution >= 0.6 is 0 Å². The molecular formula is C18H15N3O. The lowest BCUT2D eigenvalue weighted by Crippen LogP contribution is -2.42. The molecule has 1 aliphatic rings. The van der Waals surface area contributed by atoms with Gasteiger partial charge in [-0.15, -0.1) is 0 Å². The summed E-state index contributed by atoms with van der Waals surface area (Å²) in [5.74, 6) is 0.0852. The number of hydrogen-bond acceptors (Lipinski definition) is 3. The molecule has 0 bridgehead atoms. The molecule has 1 aliphatic heterocycles. The molecule has 1 fully saturated rings. The van der Waals surface area contributed by atoms with Gasteiger partial charge in [-0.25, -0.2) is 4.98 Å². The number of carbonyl (C=O) groups excluding carboxylic acids is 1. The Morgan fingerprint density at radius 3 is 2.55 bits per heavy atom. The zero-order valence-electron chi connectivity index (χ0n) is 12.1. The van der Waals surface area contributed by atoms with Crippen molar-refractivity contribution in [3.63, 3.8) is 0 Å². The average molecular weight is 289 g/mol. The molecule has 3 heterocycles. The Kier molecular flexibility index (Phi) is 3.07. The minimum absolute atomic E-state index is 0.0852. The third kappa shape index (κ3) is 2.13. The molecule has 0 atom stereocenters. The van der Waals surface area contributed by atoms with E-state index in [1.165, 1.54) is 0 Å². The maximum atomic E-state index is 12.7. The minimum atomic E-state index is 0.0852. The fourth-order valence-electron chi connectivity index (χ4n) is 2.69. The summed E-state index contributed by atoms with van der Waals surface area (Å²) in [7, 11) is 0. The number of likely N-dealkylation sites (tertiary alicyclic amines) is 1. The second-order valence-electron chi connectivity index (χ2n) is 5.43. The van der Waals surface area contributed by atoms with E-state index in [1.807, 2.05) is 53.4 Å². The van der Waals surface area contributed by atoms with Crippen molar-refractivity contribution in [2.24, 2.45) is 0 Å². The van der Waals surface area contributed by atoms with Gasteiger partial charge < -0.3 is 4.90 Å². The average Bonchev–Trinajstić information content (AvgIpc) is 2.53. The van der Waals surface area contributed by atoms with E-state index in [1.54, 1.807) is 6.20 Å². The van der Waals surface area contributed by atoms with Gasteiger partial charge in [0.15, 0.2) is 0 Å². The highest BCUT2D eigenvalue weighted by atomic mass is 16.2. The molecule has 1 aromatic carbocycles. The second-order valence-corrected chi connectivity index (χ2v) is 5.43. The molecule has 108 valence electrons. The molecule has 4 heteroatoms. The molecular weight excluding hydrogens is 274 g/mol. The number of fused-ring (bicyclic) bond motifs is 1. The molecule has 22 heavy (non-hydrogen) atoms. The number of nitrogens with zero attached hydrogens (tertiary/aromatic N) is 3. The largest absolute Gasteiger partial charge is 0.338 e. The van der Waals surface area contributed by atoms with Crippen molar-refractivity contribution >= 4 is 16.8 Å². The smallest absolute Gasteiger partial charge is 0.254 e. The fraction of sp³-hybridized carbons (Fsp3) is 0.167. The van der Waals surface area contributed by atoms with Crippen LogP contribution in [0.3, 0.4) is 0 Å².